The number of nitrogens with zero attached hydrogens (tertiary/aromatic N) is 2. The minimum absolute atomic E-state index is 0.166. The molecule has 2 aliphatic rings. The first kappa shape index (κ1) is 21.4. The van der Waals surface area contributed by atoms with Gasteiger partial charge in [-0.3, -0.25) is 4.90 Å². The molecular weight excluding hydrogens is 435 g/mol. The van der Waals surface area contributed by atoms with Crippen LogP contribution < -0.4 is 14.4 Å². The van der Waals surface area contributed by atoms with Crippen molar-refractivity contribution in [3.8, 4) is 5.75 Å². The molecule has 2 amide bonds. The maximum atomic E-state index is 12.8. The second kappa shape index (κ2) is 7.72. The van der Waals surface area contributed by atoms with Gasteiger partial charge in [-0.25, -0.2) is 17.9 Å². The van der Waals surface area contributed by atoms with Crippen molar-refractivity contribution in [1.29, 1.82) is 0 Å². The third-order valence-corrected chi connectivity index (χ3v) is 6.86. The van der Waals surface area contributed by atoms with Crippen molar-refractivity contribution in [2.75, 3.05) is 18.0 Å². The number of ether oxygens (including phenoxy) is 1. The van der Waals surface area contributed by atoms with Crippen LogP contribution in [0.3, 0.4) is 0 Å². The third kappa shape index (κ3) is 4.62. The number of rotatable bonds is 5. The molecule has 0 spiro atoms. The van der Waals surface area contributed by atoms with E-state index in [9.17, 15) is 26.4 Å². The van der Waals surface area contributed by atoms with E-state index in [1.54, 1.807) is 17.0 Å². The van der Waals surface area contributed by atoms with E-state index in [1.807, 2.05) is 6.92 Å². The van der Waals surface area contributed by atoms with E-state index in [4.69, 9.17) is 0 Å². The minimum Gasteiger partial charge on any atom is -0.406 e. The number of hydrogen-bond acceptors (Lipinski definition) is 4. The second-order valence-corrected chi connectivity index (χ2v) is 9.32. The van der Waals surface area contributed by atoms with Crippen LogP contribution in [0.4, 0.5) is 23.7 Å². The summed E-state index contributed by atoms with van der Waals surface area (Å²) in [6, 6.07) is 10.7. The lowest BCUT2D eigenvalue weighted by molar-refractivity contribution is -0.274. The largest absolute Gasteiger partial charge is 0.573 e. The number of hydrogen-bond donors (Lipinski definition) is 1. The highest BCUT2D eigenvalue weighted by Crippen LogP contribution is 2.32. The van der Waals surface area contributed by atoms with Gasteiger partial charge in [-0.2, -0.15) is 0 Å². The number of carbonyl (C=O) groups is 1. The van der Waals surface area contributed by atoms with Gasteiger partial charge in [-0.05, 0) is 49.7 Å². The number of benzene rings is 2. The Morgan fingerprint density at radius 2 is 1.68 bits per heavy atom. The fourth-order valence-electron chi connectivity index (χ4n) is 3.90. The summed E-state index contributed by atoms with van der Waals surface area (Å²) in [7, 11) is -3.70. The number of anilines is 1. The van der Waals surface area contributed by atoms with E-state index in [0.29, 0.717) is 18.7 Å². The zero-order valence-electron chi connectivity index (χ0n) is 16.5. The number of amides is 2. The molecule has 7 nitrogen and oxygen atoms in total. The number of fused-ring (bicyclic) bond motifs is 1. The SMILES string of the molecule is Cc1ccc(S(=O)(=O)N[C@H]2C[C@H]3CN(c4ccc(OC(F)(F)F)cc4)C(=O)N3C2)cc1. The van der Waals surface area contributed by atoms with Crippen molar-refractivity contribution in [2.24, 2.45) is 0 Å². The second-order valence-electron chi connectivity index (χ2n) is 7.61. The molecule has 166 valence electrons. The molecule has 2 aromatic rings. The Hall–Kier alpha value is -2.79. The molecule has 2 fully saturated rings. The zero-order valence-corrected chi connectivity index (χ0v) is 17.3. The molecule has 1 N–H and O–H groups in total. The van der Waals surface area contributed by atoms with Crippen LogP contribution in [-0.2, 0) is 10.0 Å². The van der Waals surface area contributed by atoms with Gasteiger partial charge in [-0.1, -0.05) is 17.7 Å². The van der Waals surface area contributed by atoms with Crippen LogP contribution in [0.15, 0.2) is 53.4 Å². The molecule has 11 heteroatoms. The lowest BCUT2D eigenvalue weighted by Gasteiger charge is -2.20. The van der Waals surface area contributed by atoms with E-state index in [2.05, 4.69) is 9.46 Å². The van der Waals surface area contributed by atoms with Crippen LogP contribution in [0, 0.1) is 6.92 Å². The van der Waals surface area contributed by atoms with Crippen LogP contribution in [0.1, 0.15) is 12.0 Å². The zero-order chi connectivity index (χ0) is 22.4. The molecule has 2 atom stereocenters. The Balaban J connectivity index is 1.40. The highest BCUT2D eigenvalue weighted by molar-refractivity contribution is 7.89. The number of urea groups is 1. The van der Waals surface area contributed by atoms with Crippen LogP contribution in [-0.4, -0.2) is 50.9 Å². The average molecular weight is 455 g/mol. The van der Waals surface area contributed by atoms with E-state index in [1.165, 1.54) is 29.2 Å². The molecule has 4 rings (SSSR count). The first-order valence-corrected chi connectivity index (χ1v) is 11.0. The molecule has 0 aliphatic carbocycles. The molecule has 0 aromatic heterocycles. The van der Waals surface area contributed by atoms with Gasteiger partial charge < -0.3 is 9.64 Å². The summed E-state index contributed by atoms with van der Waals surface area (Å²) in [5.74, 6) is -0.367. The lowest BCUT2D eigenvalue weighted by atomic mass is 10.2. The third-order valence-electron chi connectivity index (χ3n) is 5.32. The van der Waals surface area contributed by atoms with Crippen molar-refractivity contribution >= 4 is 21.7 Å². The molecule has 2 saturated heterocycles. The smallest absolute Gasteiger partial charge is 0.406 e. The summed E-state index contributed by atoms with van der Waals surface area (Å²) in [6.45, 7) is 2.41. The minimum atomic E-state index is -4.78. The maximum absolute atomic E-state index is 12.8. The number of alkyl halides is 3. The molecule has 0 bridgehead atoms. The van der Waals surface area contributed by atoms with Crippen molar-refractivity contribution in [1.82, 2.24) is 9.62 Å². The van der Waals surface area contributed by atoms with Crippen molar-refractivity contribution in [3.05, 3.63) is 54.1 Å². The van der Waals surface area contributed by atoms with Gasteiger partial charge in [0, 0.05) is 24.8 Å². The van der Waals surface area contributed by atoms with Crippen LogP contribution >= 0.6 is 0 Å². The summed E-state index contributed by atoms with van der Waals surface area (Å²) < 4.78 is 68.6. The predicted octanol–water partition coefficient (Wildman–Crippen LogP) is 3.26. The Morgan fingerprint density at radius 3 is 2.26 bits per heavy atom. The van der Waals surface area contributed by atoms with Gasteiger partial charge in [0.05, 0.1) is 10.9 Å². The molecule has 0 unspecified atom stereocenters. The normalized spacial score (nSPS) is 21.5. The van der Waals surface area contributed by atoms with E-state index in [0.717, 1.165) is 17.7 Å². The number of nitrogens with one attached hydrogen (secondary N) is 1. The monoisotopic (exact) mass is 455 g/mol. The Bertz CT molecular complexity index is 1070. The molecule has 0 saturated carbocycles. The highest BCUT2D eigenvalue weighted by atomic mass is 32.2. The van der Waals surface area contributed by atoms with Crippen LogP contribution in [0.5, 0.6) is 5.75 Å². The number of sulfonamides is 1. The van der Waals surface area contributed by atoms with E-state index in [-0.39, 0.29) is 29.3 Å². The quantitative estimate of drug-likeness (QED) is 0.751. The molecule has 0 radical (unpaired) electrons. The van der Waals surface area contributed by atoms with E-state index < -0.39 is 22.4 Å². The number of aryl methyl sites for hydroxylation is 1. The van der Waals surface area contributed by atoms with Crippen molar-refractivity contribution < 1.29 is 31.1 Å². The van der Waals surface area contributed by atoms with Crippen LogP contribution in [0.2, 0.25) is 0 Å². The Kier molecular flexibility index (Phi) is 5.34. The fraction of sp³-hybridized carbons (Fsp3) is 0.350. The summed E-state index contributed by atoms with van der Waals surface area (Å²) in [4.78, 5) is 16.0. The Morgan fingerprint density at radius 1 is 1.03 bits per heavy atom. The average Bonchev–Trinajstić information content (AvgIpc) is 3.19. The van der Waals surface area contributed by atoms with Crippen molar-refractivity contribution in [3.63, 3.8) is 0 Å². The first-order chi connectivity index (χ1) is 14.5. The number of halogens is 3. The summed E-state index contributed by atoms with van der Waals surface area (Å²) in [5.41, 5.74) is 1.40. The molecule has 2 aromatic carbocycles. The topological polar surface area (TPSA) is 79.0 Å². The van der Waals surface area contributed by atoms with Crippen molar-refractivity contribution in [2.45, 2.75) is 36.7 Å². The summed E-state index contributed by atoms with van der Waals surface area (Å²) in [5, 5.41) is 0. The lowest BCUT2D eigenvalue weighted by Crippen LogP contribution is -2.40. The van der Waals surface area contributed by atoms with Gasteiger partial charge in [-0.15, -0.1) is 13.2 Å². The van der Waals surface area contributed by atoms with Gasteiger partial charge in [0.15, 0.2) is 0 Å². The predicted molar refractivity (Wildman–Crippen MR) is 106 cm³/mol. The summed E-state index contributed by atoms with van der Waals surface area (Å²) in [6.07, 6.45) is -4.34. The number of carbonyl (C=O) groups excluding carboxylic acids is 1. The van der Waals surface area contributed by atoms with Gasteiger partial charge in [0.25, 0.3) is 0 Å². The molecular formula is C20H20F3N3O4S. The van der Waals surface area contributed by atoms with Crippen LogP contribution in [0.25, 0.3) is 0 Å². The highest BCUT2D eigenvalue weighted by Gasteiger charge is 2.45. The van der Waals surface area contributed by atoms with Gasteiger partial charge in [0.2, 0.25) is 10.0 Å². The van der Waals surface area contributed by atoms with Gasteiger partial charge in [0.1, 0.15) is 5.75 Å². The van der Waals surface area contributed by atoms with Gasteiger partial charge >= 0.3 is 12.4 Å². The first-order valence-electron chi connectivity index (χ1n) is 9.55. The molecule has 2 heterocycles. The maximum Gasteiger partial charge on any atom is 0.573 e. The van der Waals surface area contributed by atoms with E-state index >= 15 is 0 Å². The Labute approximate surface area is 177 Å². The fourth-order valence-corrected chi connectivity index (χ4v) is 5.14. The standard InChI is InChI=1S/C20H20F3N3O4S/c1-13-2-8-18(9-3-13)31(28,29)24-14-10-16-12-26(19(27)25(16)11-14)15-4-6-17(7-5-15)30-20(21,22)23/h2-9,14,16,24H,10-12H2,1H3/t14-,16-/m0/s1. The molecule has 2 aliphatic heterocycles. The molecule has 31 heavy (non-hydrogen) atoms. The summed E-state index contributed by atoms with van der Waals surface area (Å²) >= 11 is 0.